The molecule has 0 spiro atoms. The third-order valence-corrected chi connectivity index (χ3v) is 3.76. The third-order valence-electron chi connectivity index (χ3n) is 2.35. The van der Waals surface area contributed by atoms with Crippen molar-refractivity contribution < 1.29 is 12.8 Å². The number of aryl methyl sites for hydroxylation is 1. The lowest BCUT2D eigenvalue weighted by Crippen LogP contribution is -2.26. The summed E-state index contributed by atoms with van der Waals surface area (Å²) in [7, 11) is -1.34. The molecule has 2 N–H and O–H groups in total. The van der Waals surface area contributed by atoms with Crippen LogP contribution in [0.1, 0.15) is 24.4 Å². The largest absolute Gasteiger partial charge is 0.465 e. The molecule has 0 radical (unpaired) electrons. The number of nitrogens with one attached hydrogen (secondary N) is 2. The highest BCUT2D eigenvalue weighted by Gasteiger charge is 2.10. The Morgan fingerprint density at radius 1 is 1.29 bits per heavy atom. The van der Waals surface area contributed by atoms with E-state index in [0.29, 0.717) is 12.2 Å². The smallest absolute Gasteiger partial charge is 0.212 e. The van der Waals surface area contributed by atoms with Gasteiger partial charge < -0.3 is 9.73 Å². The van der Waals surface area contributed by atoms with Crippen LogP contribution in [0.3, 0.4) is 0 Å². The van der Waals surface area contributed by atoms with Gasteiger partial charge in [-0.3, -0.25) is 0 Å². The van der Waals surface area contributed by atoms with E-state index >= 15 is 0 Å². The summed E-state index contributed by atoms with van der Waals surface area (Å²) in [4.78, 5) is 0. The Hall–Kier alpha value is -0.850. The van der Waals surface area contributed by atoms with Crippen LogP contribution >= 0.6 is 0 Å². The van der Waals surface area contributed by atoms with Crippen molar-refractivity contribution in [2.75, 3.05) is 19.3 Å². The van der Waals surface area contributed by atoms with Crippen molar-refractivity contribution >= 4 is 10.0 Å². The summed E-state index contributed by atoms with van der Waals surface area (Å²) in [6.45, 7) is 2.89. The zero-order chi connectivity index (χ0) is 12.7. The zero-order valence-corrected chi connectivity index (χ0v) is 11.1. The van der Waals surface area contributed by atoms with Gasteiger partial charge in [0.15, 0.2) is 0 Å². The molecular formula is C11H20N2O3S. The fourth-order valence-corrected chi connectivity index (χ4v) is 2.52. The Labute approximate surface area is 103 Å². The lowest BCUT2D eigenvalue weighted by molar-refractivity contribution is 0.475. The van der Waals surface area contributed by atoms with Crippen molar-refractivity contribution in [1.82, 2.24) is 10.0 Å². The normalized spacial score (nSPS) is 11.9. The minimum atomic E-state index is -3.19. The number of unbranched alkanes of at least 4 members (excludes halogenated alkanes) is 1. The molecule has 0 aromatic carbocycles. The molecule has 1 rings (SSSR count). The van der Waals surface area contributed by atoms with Crippen molar-refractivity contribution in [3.63, 3.8) is 0 Å². The molecule has 0 aliphatic heterocycles. The Morgan fingerprint density at radius 2 is 2.06 bits per heavy atom. The van der Waals surface area contributed by atoms with E-state index in [1.807, 2.05) is 20.0 Å². The van der Waals surface area contributed by atoms with E-state index in [9.17, 15) is 8.42 Å². The van der Waals surface area contributed by atoms with Crippen molar-refractivity contribution in [3.05, 3.63) is 23.7 Å². The van der Waals surface area contributed by atoms with Gasteiger partial charge in [0.25, 0.3) is 0 Å². The summed E-state index contributed by atoms with van der Waals surface area (Å²) in [6, 6.07) is 3.59. The number of hydrogen-bond acceptors (Lipinski definition) is 4. The van der Waals surface area contributed by atoms with Gasteiger partial charge >= 0.3 is 0 Å². The quantitative estimate of drug-likeness (QED) is 0.684. The molecule has 0 saturated carbocycles. The van der Waals surface area contributed by atoms with Gasteiger partial charge in [-0.15, -0.1) is 0 Å². The molecule has 98 valence electrons. The predicted octanol–water partition coefficient (Wildman–Crippen LogP) is 1.01. The molecule has 1 heterocycles. The maximum absolute atomic E-state index is 11.6. The van der Waals surface area contributed by atoms with E-state index < -0.39 is 10.0 Å². The number of rotatable bonds is 8. The lowest BCUT2D eigenvalue weighted by Gasteiger charge is -2.05. The molecule has 0 atom stereocenters. The second kappa shape index (κ2) is 6.78. The maximum atomic E-state index is 11.6. The predicted molar refractivity (Wildman–Crippen MR) is 67.2 cm³/mol. The van der Waals surface area contributed by atoms with Crippen LogP contribution < -0.4 is 10.0 Å². The molecule has 5 nitrogen and oxygen atoms in total. The van der Waals surface area contributed by atoms with Gasteiger partial charge in [0.05, 0.1) is 12.3 Å². The molecule has 1 aromatic heterocycles. The van der Waals surface area contributed by atoms with Gasteiger partial charge in [0.2, 0.25) is 10.0 Å². The van der Waals surface area contributed by atoms with Gasteiger partial charge in [0.1, 0.15) is 11.5 Å². The average Bonchev–Trinajstić information content (AvgIpc) is 2.68. The second-order valence-corrected chi connectivity index (χ2v) is 5.89. The van der Waals surface area contributed by atoms with E-state index in [0.717, 1.165) is 18.7 Å². The first-order chi connectivity index (χ1) is 8.03. The Bertz CT molecular complexity index is 426. The highest BCUT2D eigenvalue weighted by molar-refractivity contribution is 7.89. The number of hydrogen-bond donors (Lipinski definition) is 2. The zero-order valence-electron chi connectivity index (χ0n) is 10.3. The average molecular weight is 260 g/mol. The fourth-order valence-electron chi connectivity index (χ4n) is 1.43. The van der Waals surface area contributed by atoms with E-state index in [1.54, 1.807) is 6.07 Å². The van der Waals surface area contributed by atoms with Crippen LogP contribution in [0.5, 0.6) is 0 Å². The molecule has 6 heteroatoms. The highest BCUT2D eigenvalue weighted by atomic mass is 32.2. The molecule has 0 aliphatic carbocycles. The van der Waals surface area contributed by atoms with Crippen LogP contribution in [-0.4, -0.2) is 27.8 Å². The summed E-state index contributed by atoms with van der Waals surface area (Å²) in [5.41, 5.74) is 0. The van der Waals surface area contributed by atoms with Gasteiger partial charge in [-0.25, -0.2) is 13.1 Å². The number of furan rings is 1. The van der Waals surface area contributed by atoms with Crippen molar-refractivity contribution in [3.8, 4) is 0 Å². The van der Waals surface area contributed by atoms with Crippen molar-refractivity contribution in [2.45, 2.75) is 26.3 Å². The summed E-state index contributed by atoms with van der Waals surface area (Å²) < 4.78 is 31.0. The fraction of sp³-hybridized carbons (Fsp3) is 0.636. The summed E-state index contributed by atoms with van der Waals surface area (Å²) in [5, 5.41) is 2.98. The highest BCUT2D eigenvalue weighted by Crippen LogP contribution is 2.06. The lowest BCUT2D eigenvalue weighted by atomic mass is 10.3. The van der Waals surface area contributed by atoms with Gasteiger partial charge in [-0.1, -0.05) is 0 Å². The van der Waals surface area contributed by atoms with E-state index in [1.165, 1.54) is 0 Å². The van der Waals surface area contributed by atoms with E-state index in [2.05, 4.69) is 10.0 Å². The van der Waals surface area contributed by atoms with Crippen LogP contribution in [0.15, 0.2) is 16.5 Å². The standard InChI is InChI=1S/C11H20N2O3S/c1-10-5-6-11(16-10)9-13-17(14,15)8-4-3-7-12-2/h5-6,12-13H,3-4,7-9H2,1-2H3. The molecule has 0 amide bonds. The Balaban J connectivity index is 2.29. The summed E-state index contributed by atoms with van der Waals surface area (Å²) >= 11 is 0. The minimum absolute atomic E-state index is 0.161. The van der Waals surface area contributed by atoms with Crippen LogP contribution in [0, 0.1) is 6.92 Å². The molecule has 0 bridgehead atoms. The molecule has 0 aliphatic rings. The topological polar surface area (TPSA) is 71.3 Å². The summed E-state index contributed by atoms with van der Waals surface area (Å²) in [6.07, 6.45) is 1.52. The molecular weight excluding hydrogens is 240 g/mol. The van der Waals surface area contributed by atoms with Gasteiger partial charge in [-0.05, 0) is 45.5 Å². The third kappa shape index (κ3) is 5.86. The van der Waals surface area contributed by atoms with E-state index in [4.69, 9.17) is 4.42 Å². The van der Waals surface area contributed by atoms with Crippen LogP contribution in [0.2, 0.25) is 0 Å². The minimum Gasteiger partial charge on any atom is -0.465 e. The van der Waals surface area contributed by atoms with Gasteiger partial charge in [0, 0.05) is 0 Å². The molecule has 0 unspecified atom stereocenters. The molecule has 17 heavy (non-hydrogen) atoms. The molecule has 0 fully saturated rings. The maximum Gasteiger partial charge on any atom is 0.212 e. The Kier molecular flexibility index (Phi) is 5.67. The SMILES string of the molecule is CNCCCCS(=O)(=O)NCc1ccc(C)o1. The van der Waals surface area contributed by atoms with Crippen LogP contribution in [0.25, 0.3) is 0 Å². The van der Waals surface area contributed by atoms with Gasteiger partial charge in [-0.2, -0.15) is 0 Å². The first kappa shape index (κ1) is 14.2. The van der Waals surface area contributed by atoms with Crippen molar-refractivity contribution in [2.24, 2.45) is 0 Å². The Morgan fingerprint density at radius 3 is 2.65 bits per heavy atom. The summed E-state index contributed by atoms with van der Waals surface area (Å²) in [5.74, 6) is 1.59. The number of sulfonamides is 1. The second-order valence-electron chi connectivity index (χ2n) is 3.96. The monoisotopic (exact) mass is 260 g/mol. The first-order valence-corrected chi connectivity index (χ1v) is 7.36. The van der Waals surface area contributed by atoms with E-state index in [-0.39, 0.29) is 12.3 Å². The molecule has 1 aromatic rings. The van der Waals surface area contributed by atoms with Crippen LogP contribution in [-0.2, 0) is 16.6 Å². The van der Waals surface area contributed by atoms with Crippen LogP contribution in [0.4, 0.5) is 0 Å². The van der Waals surface area contributed by atoms with Crippen molar-refractivity contribution in [1.29, 1.82) is 0 Å². The molecule has 0 saturated heterocycles. The first-order valence-electron chi connectivity index (χ1n) is 5.71.